The van der Waals surface area contributed by atoms with E-state index in [0.717, 1.165) is 6.42 Å². The van der Waals surface area contributed by atoms with Crippen molar-refractivity contribution in [3.8, 4) is 0 Å². The smallest absolute Gasteiger partial charge is 0.0123 e. The summed E-state index contributed by atoms with van der Waals surface area (Å²) in [5.74, 6) is 0. The van der Waals surface area contributed by atoms with Gasteiger partial charge in [0.25, 0.3) is 0 Å². The van der Waals surface area contributed by atoms with Gasteiger partial charge in [-0.1, -0.05) is 36.4 Å². The predicted molar refractivity (Wildman–Crippen MR) is 43.5 cm³/mol. The average Bonchev–Trinajstić information content (AvgIpc) is 2.05. The van der Waals surface area contributed by atoms with Crippen molar-refractivity contribution < 1.29 is 0 Å². The summed E-state index contributed by atoms with van der Waals surface area (Å²) in [5, 5.41) is 0. The molecule has 2 rings (SSSR count). The molecule has 0 aliphatic heterocycles. The van der Waals surface area contributed by atoms with Crippen LogP contribution in [-0.2, 0) is 6.42 Å². The van der Waals surface area contributed by atoms with Crippen molar-refractivity contribution in [3.05, 3.63) is 47.9 Å². The van der Waals surface area contributed by atoms with Crippen LogP contribution >= 0.6 is 0 Å². The Kier molecular flexibility index (Phi) is 1.31. The van der Waals surface area contributed by atoms with Crippen molar-refractivity contribution in [2.24, 2.45) is 0 Å². The second kappa shape index (κ2) is 2.30. The van der Waals surface area contributed by atoms with Crippen LogP contribution < -0.4 is 0 Å². The van der Waals surface area contributed by atoms with E-state index < -0.39 is 0 Å². The van der Waals surface area contributed by atoms with E-state index in [0.29, 0.717) is 0 Å². The molecule has 0 bridgehead atoms. The molecule has 0 unspecified atom stereocenters. The van der Waals surface area contributed by atoms with Crippen LogP contribution in [-0.4, -0.2) is 0 Å². The van der Waals surface area contributed by atoms with Gasteiger partial charge in [0.1, 0.15) is 0 Å². The maximum atomic E-state index is 2.18. The normalized spacial score (nSPS) is 14.8. The average molecular weight is 129 g/mol. The summed E-state index contributed by atoms with van der Waals surface area (Å²) in [4.78, 5) is 0. The van der Waals surface area contributed by atoms with E-state index in [1.807, 2.05) is 0 Å². The lowest BCUT2D eigenvalue weighted by atomic mass is 9.98. The summed E-state index contributed by atoms with van der Waals surface area (Å²) in [6, 6.07) is 8.49. The van der Waals surface area contributed by atoms with Crippen LogP contribution in [0.5, 0.6) is 0 Å². The third kappa shape index (κ3) is 0.860. The molecule has 0 N–H and O–H groups in total. The zero-order valence-corrected chi connectivity index (χ0v) is 5.75. The Balaban J connectivity index is 2.54. The summed E-state index contributed by atoms with van der Waals surface area (Å²) in [6.07, 6.45) is 7.54. The second-order valence-corrected chi connectivity index (χ2v) is 2.50. The summed E-state index contributed by atoms with van der Waals surface area (Å²) in [5.41, 5.74) is 2.80. The van der Waals surface area contributed by atoms with E-state index >= 15 is 0 Å². The maximum absolute atomic E-state index is 2.18. The van der Waals surface area contributed by atoms with Crippen molar-refractivity contribution in [2.45, 2.75) is 6.42 Å². The minimum Gasteiger partial charge on any atom is -0.0799 e. The van der Waals surface area contributed by atoms with Crippen LogP contribution in [0.1, 0.15) is 11.1 Å². The highest BCUT2D eigenvalue weighted by Gasteiger charge is 2.00. The SMILES string of the molecule is [CH]1C=Cc2ccccc2C1. The van der Waals surface area contributed by atoms with E-state index in [1.165, 1.54) is 11.1 Å². The van der Waals surface area contributed by atoms with Gasteiger partial charge in [-0.25, -0.2) is 0 Å². The van der Waals surface area contributed by atoms with E-state index in [9.17, 15) is 0 Å². The number of benzene rings is 1. The molecule has 0 spiro atoms. The topological polar surface area (TPSA) is 0 Å². The molecule has 0 atom stereocenters. The molecule has 0 heteroatoms. The number of hydrogen-bond acceptors (Lipinski definition) is 0. The second-order valence-electron chi connectivity index (χ2n) is 2.50. The molecule has 1 radical (unpaired) electrons. The van der Waals surface area contributed by atoms with Gasteiger partial charge < -0.3 is 0 Å². The molecule has 0 saturated carbocycles. The van der Waals surface area contributed by atoms with Crippen LogP contribution in [0.4, 0.5) is 0 Å². The third-order valence-corrected chi connectivity index (χ3v) is 1.80. The van der Waals surface area contributed by atoms with Gasteiger partial charge in [0.05, 0.1) is 0 Å². The van der Waals surface area contributed by atoms with Crippen molar-refractivity contribution in [2.75, 3.05) is 0 Å². The molecule has 49 valence electrons. The Hall–Kier alpha value is -1.04. The molecule has 1 aliphatic rings. The molecule has 1 aliphatic carbocycles. The molecule has 1 aromatic carbocycles. The van der Waals surface area contributed by atoms with Gasteiger partial charge in [-0.2, -0.15) is 0 Å². The Bertz CT molecular complexity index is 258. The van der Waals surface area contributed by atoms with Crippen LogP contribution in [0.3, 0.4) is 0 Å². The molecule has 10 heavy (non-hydrogen) atoms. The lowest BCUT2D eigenvalue weighted by molar-refractivity contribution is 1.17. The number of fused-ring (bicyclic) bond motifs is 1. The molecule has 0 heterocycles. The fraction of sp³-hybridized carbons (Fsp3) is 0.100. The number of allylic oxidation sites excluding steroid dienone is 1. The first-order valence-corrected chi connectivity index (χ1v) is 3.54. The van der Waals surface area contributed by atoms with E-state index in [-0.39, 0.29) is 0 Å². The Morgan fingerprint density at radius 3 is 2.90 bits per heavy atom. The van der Waals surface area contributed by atoms with Crippen molar-refractivity contribution >= 4 is 6.08 Å². The minimum atomic E-state index is 1.09. The molecule has 0 aromatic heterocycles. The third-order valence-electron chi connectivity index (χ3n) is 1.80. The monoisotopic (exact) mass is 129 g/mol. The molecule has 0 amide bonds. The number of rotatable bonds is 0. The molecular weight excluding hydrogens is 120 g/mol. The summed E-state index contributed by atoms with van der Waals surface area (Å²) >= 11 is 0. The summed E-state index contributed by atoms with van der Waals surface area (Å²) < 4.78 is 0. The van der Waals surface area contributed by atoms with Gasteiger partial charge in [-0.05, 0) is 24.0 Å². The van der Waals surface area contributed by atoms with Crippen LogP contribution in [0.25, 0.3) is 6.08 Å². The summed E-state index contributed by atoms with van der Waals surface area (Å²) in [6.45, 7) is 0. The van der Waals surface area contributed by atoms with Gasteiger partial charge in [-0.15, -0.1) is 0 Å². The lowest BCUT2D eigenvalue weighted by Gasteiger charge is -2.07. The largest absolute Gasteiger partial charge is 0.0799 e. The van der Waals surface area contributed by atoms with Gasteiger partial charge >= 0.3 is 0 Å². The van der Waals surface area contributed by atoms with Crippen molar-refractivity contribution in [1.29, 1.82) is 0 Å². The summed E-state index contributed by atoms with van der Waals surface area (Å²) in [7, 11) is 0. The van der Waals surface area contributed by atoms with Crippen molar-refractivity contribution in [1.82, 2.24) is 0 Å². The Morgan fingerprint density at radius 1 is 1.10 bits per heavy atom. The fourth-order valence-corrected chi connectivity index (χ4v) is 1.25. The zero-order valence-electron chi connectivity index (χ0n) is 5.75. The quantitative estimate of drug-likeness (QED) is 0.504. The minimum absolute atomic E-state index is 1.09. The van der Waals surface area contributed by atoms with Gasteiger partial charge in [0.15, 0.2) is 0 Å². The predicted octanol–water partition coefficient (Wildman–Crippen LogP) is 2.46. The molecule has 0 nitrogen and oxygen atoms in total. The maximum Gasteiger partial charge on any atom is -0.0123 e. The van der Waals surface area contributed by atoms with Gasteiger partial charge in [0.2, 0.25) is 0 Å². The zero-order chi connectivity index (χ0) is 6.81. The van der Waals surface area contributed by atoms with E-state index in [2.05, 4.69) is 42.8 Å². The van der Waals surface area contributed by atoms with Crippen LogP contribution in [0.15, 0.2) is 30.3 Å². The van der Waals surface area contributed by atoms with Crippen LogP contribution in [0, 0.1) is 6.42 Å². The van der Waals surface area contributed by atoms with E-state index in [1.54, 1.807) is 0 Å². The highest BCUT2D eigenvalue weighted by Crippen LogP contribution is 2.16. The van der Waals surface area contributed by atoms with Gasteiger partial charge in [0, 0.05) is 0 Å². The van der Waals surface area contributed by atoms with Gasteiger partial charge in [-0.3, -0.25) is 0 Å². The number of hydrogen-bond donors (Lipinski definition) is 0. The fourth-order valence-electron chi connectivity index (χ4n) is 1.25. The van der Waals surface area contributed by atoms with Crippen LogP contribution in [0.2, 0.25) is 0 Å². The first-order chi connectivity index (χ1) is 4.97. The first-order valence-electron chi connectivity index (χ1n) is 3.54. The highest BCUT2D eigenvalue weighted by molar-refractivity contribution is 5.58. The molecule has 0 fully saturated rings. The Labute approximate surface area is 61.2 Å². The Morgan fingerprint density at radius 2 is 2.00 bits per heavy atom. The lowest BCUT2D eigenvalue weighted by Crippen LogP contribution is -1.92. The molecular formula is C10H9. The molecule has 1 aromatic rings. The van der Waals surface area contributed by atoms with E-state index in [4.69, 9.17) is 0 Å². The van der Waals surface area contributed by atoms with Crippen molar-refractivity contribution in [3.63, 3.8) is 0 Å². The highest BCUT2D eigenvalue weighted by atomic mass is 14.1. The first kappa shape index (κ1) is 5.72. The standard InChI is InChI=1S/C10H9/c1-2-6-10-8-4-3-7-9(10)5-1/h1-7H,8H2. The molecule has 0 saturated heterocycles.